The van der Waals surface area contributed by atoms with Gasteiger partial charge in [-0.1, -0.05) is 18.2 Å². The number of carbonyl (C=O) groups excluding carboxylic acids is 2. The van der Waals surface area contributed by atoms with Crippen LogP contribution in [0, 0.1) is 5.92 Å². The van der Waals surface area contributed by atoms with Crippen molar-refractivity contribution in [2.75, 3.05) is 12.8 Å². The highest BCUT2D eigenvalue weighted by Gasteiger charge is 2.49. The van der Waals surface area contributed by atoms with Crippen molar-refractivity contribution in [1.29, 1.82) is 0 Å². The van der Waals surface area contributed by atoms with Crippen molar-refractivity contribution in [1.82, 2.24) is 9.88 Å². The normalized spacial score (nSPS) is 29.5. The third-order valence-electron chi connectivity index (χ3n) is 6.00. The molecular weight excluding hydrogens is 412 g/mol. The number of hydrogen-bond acceptors (Lipinski definition) is 6. The van der Waals surface area contributed by atoms with E-state index in [1.807, 2.05) is 24.3 Å². The number of aromatic nitrogens is 1. The summed E-state index contributed by atoms with van der Waals surface area (Å²) in [7, 11) is -3.67. The zero-order valence-corrected chi connectivity index (χ0v) is 17.4. The van der Waals surface area contributed by atoms with Gasteiger partial charge in [0.25, 0.3) is 10.1 Å². The van der Waals surface area contributed by atoms with E-state index in [-0.39, 0.29) is 23.5 Å². The van der Waals surface area contributed by atoms with E-state index < -0.39 is 10.1 Å². The number of rotatable bonds is 2. The van der Waals surface area contributed by atoms with Gasteiger partial charge >= 0.3 is 5.97 Å². The zero-order valence-electron chi connectivity index (χ0n) is 16.6. The highest BCUT2D eigenvalue weighted by atomic mass is 32.2. The number of Topliss-reactive ketones (excluding diaryl/α,β-unsaturated/α-hetero) is 1. The molecule has 0 saturated carbocycles. The third kappa shape index (κ3) is 4.72. The quantitative estimate of drug-likeness (QED) is 0.528. The van der Waals surface area contributed by atoms with Crippen LogP contribution in [-0.2, 0) is 19.6 Å². The topological polar surface area (TPSA) is 148 Å². The highest BCUT2D eigenvalue weighted by molar-refractivity contribution is 7.85. The zero-order chi connectivity index (χ0) is 20.8. The van der Waals surface area contributed by atoms with E-state index in [0.29, 0.717) is 36.2 Å². The minimum absolute atomic E-state index is 0. The first-order chi connectivity index (χ1) is 13.7. The number of piperidine rings is 4. The molecule has 10 heteroatoms. The van der Waals surface area contributed by atoms with Gasteiger partial charge in [-0.3, -0.25) is 14.2 Å². The molecule has 0 aliphatic carbocycles. The number of ether oxygens (including phenoxy) is 1. The molecule has 4 fully saturated rings. The lowest BCUT2D eigenvalue weighted by atomic mass is 9.72. The van der Waals surface area contributed by atoms with Crippen LogP contribution in [0.1, 0.15) is 36.0 Å². The first kappa shape index (κ1) is 22.4. The lowest BCUT2D eigenvalue weighted by Gasteiger charge is -2.54. The second-order valence-corrected chi connectivity index (χ2v) is 9.56. The number of carbonyl (C=O) groups is 2. The maximum Gasteiger partial charge on any atom is 0.340 e. The molecule has 1 aromatic heterocycles. The Morgan fingerprint density at radius 3 is 2.37 bits per heavy atom. The van der Waals surface area contributed by atoms with Crippen molar-refractivity contribution < 1.29 is 32.8 Å². The minimum Gasteiger partial charge on any atom is -0.459 e. The SMILES string of the molecule is CS(=O)(=O)O.O.O=C(OC1C[C@@H]2CC3C[C@H](C1)N2CC3=O)c1c[nH]c2ccccc12. The molecule has 164 valence electrons. The summed E-state index contributed by atoms with van der Waals surface area (Å²) in [6.07, 6.45) is 6.01. The summed E-state index contributed by atoms with van der Waals surface area (Å²) < 4.78 is 31.7. The molecule has 6 rings (SSSR count). The second-order valence-electron chi connectivity index (χ2n) is 8.09. The van der Waals surface area contributed by atoms with Crippen LogP contribution >= 0.6 is 0 Å². The van der Waals surface area contributed by atoms with E-state index in [9.17, 15) is 18.0 Å². The van der Waals surface area contributed by atoms with Crippen LogP contribution in [-0.4, -0.2) is 71.1 Å². The number of nitrogens with one attached hydrogen (secondary N) is 1. The van der Waals surface area contributed by atoms with Crippen molar-refractivity contribution in [3.63, 3.8) is 0 Å². The van der Waals surface area contributed by atoms with Gasteiger partial charge < -0.3 is 15.2 Å². The van der Waals surface area contributed by atoms with Crippen molar-refractivity contribution in [2.24, 2.45) is 5.92 Å². The molecule has 4 saturated heterocycles. The molecule has 0 radical (unpaired) electrons. The molecule has 0 spiro atoms. The Bertz CT molecular complexity index is 1020. The maximum atomic E-state index is 12.6. The smallest absolute Gasteiger partial charge is 0.340 e. The average Bonchev–Trinajstić information content (AvgIpc) is 3.04. The molecule has 2 aromatic rings. The van der Waals surface area contributed by atoms with E-state index in [1.54, 1.807) is 6.20 Å². The Morgan fingerprint density at radius 2 is 1.77 bits per heavy atom. The summed E-state index contributed by atoms with van der Waals surface area (Å²) >= 11 is 0. The van der Waals surface area contributed by atoms with Gasteiger partial charge in [-0.2, -0.15) is 8.42 Å². The molecule has 3 unspecified atom stereocenters. The van der Waals surface area contributed by atoms with E-state index in [0.717, 1.165) is 36.6 Å². The molecule has 9 nitrogen and oxygen atoms in total. The van der Waals surface area contributed by atoms with Gasteiger partial charge in [0, 0.05) is 47.9 Å². The summed E-state index contributed by atoms with van der Waals surface area (Å²) in [6.45, 7) is 0.600. The Hall–Kier alpha value is -2.27. The third-order valence-corrected chi connectivity index (χ3v) is 6.00. The van der Waals surface area contributed by atoms with E-state index >= 15 is 0 Å². The van der Waals surface area contributed by atoms with Crippen LogP contribution in [0.5, 0.6) is 0 Å². The lowest BCUT2D eigenvalue weighted by molar-refractivity contribution is -0.145. The standard InChI is InChI=1S/C19H20N2O3.CH4O3S.H2O/c22-18-10-21-12-5-11(18)6-13(21)8-14(7-12)24-19(23)16-9-20-17-4-2-1-3-15(16)17;1-5(2,3)4;/h1-4,9,11-14,20H,5-8,10H2;1H3,(H,2,3,4);1H2/t11?,12-,13+,14?;;. The van der Waals surface area contributed by atoms with E-state index in [2.05, 4.69) is 9.88 Å². The molecule has 4 bridgehead atoms. The monoisotopic (exact) mass is 438 g/mol. The minimum atomic E-state index is -3.67. The molecule has 4 N–H and O–H groups in total. The van der Waals surface area contributed by atoms with Gasteiger partial charge in [-0.15, -0.1) is 0 Å². The molecule has 4 aliphatic rings. The van der Waals surface area contributed by atoms with Gasteiger partial charge in [-0.05, 0) is 18.9 Å². The van der Waals surface area contributed by atoms with Crippen molar-refractivity contribution in [3.05, 3.63) is 36.0 Å². The Balaban J connectivity index is 0.000000386. The summed E-state index contributed by atoms with van der Waals surface area (Å²) in [5.74, 6) is 0.403. The van der Waals surface area contributed by atoms with Crippen LogP contribution in [0.25, 0.3) is 10.9 Å². The van der Waals surface area contributed by atoms with Crippen molar-refractivity contribution >= 4 is 32.8 Å². The fourth-order valence-electron chi connectivity index (χ4n) is 4.87. The first-order valence-electron chi connectivity index (χ1n) is 9.67. The van der Waals surface area contributed by atoms with Crippen LogP contribution in [0.4, 0.5) is 0 Å². The summed E-state index contributed by atoms with van der Waals surface area (Å²) in [5.41, 5.74) is 1.56. The van der Waals surface area contributed by atoms with Gasteiger partial charge in [0.1, 0.15) is 11.9 Å². The molecule has 5 heterocycles. The number of esters is 1. The van der Waals surface area contributed by atoms with Crippen LogP contribution in [0.2, 0.25) is 0 Å². The fraction of sp³-hybridized carbons (Fsp3) is 0.500. The Morgan fingerprint density at radius 1 is 1.17 bits per heavy atom. The number of aromatic amines is 1. The van der Waals surface area contributed by atoms with Crippen molar-refractivity contribution in [2.45, 2.75) is 43.9 Å². The Labute approximate surface area is 174 Å². The molecule has 1 aromatic carbocycles. The molecule has 30 heavy (non-hydrogen) atoms. The van der Waals surface area contributed by atoms with Gasteiger partial charge in [0.05, 0.1) is 18.4 Å². The second kappa shape index (κ2) is 8.46. The van der Waals surface area contributed by atoms with Gasteiger partial charge in [-0.25, -0.2) is 4.79 Å². The summed E-state index contributed by atoms with van der Waals surface area (Å²) in [5, 5.41) is 0.909. The van der Waals surface area contributed by atoms with Crippen molar-refractivity contribution in [3.8, 4) is 0 Å². The lowest BCUT2D eigenvalue weighted by Crippen LogP contribution is -2.63. The fourth-order valence-corrected chi connectivity index (χ4v) is 4.87. The predicted octanol–water partition coefficient (Wildman–Crippen LogP) is 1.20. The number of nitrogens with zero attached hydrogens (tertiary/aromatic N) is 1. The first-order valence-corrected chi connectivity index (χ1v) is 11.5. The molecule has 0 amide bonds. The molecule has 5 atom stereocenters. The number of fused-ring (bicyclic) bond motifs is 2. The number of para-hydroxylation sites is 1. The van der Waals surface area contributed by atoms with Crippen LogP contribution in [0.15, 0.2) is 30.5 Å². The largest absolute Gasteiger partial charge is 0.459 e. The van der Waals surface area contributed by atoms with E-state index in [4.69, 9.17) is 9.29 Å². The number of hydrogen-bond donors (Lipinski definition) is 2. The Kier molecular flexibility index (Phi) is 6.32. The van der Waals surface area contributed by atoms with Crippen LogP contribution in [0.3, 0.4) is 0 Å². The number of benzene rings is 1. The maximum absolute atomic E-state index is 12.6. The van der Waals surface area contributed by atoms with E-state index in [1.165, 1.54) is 0 Å². The molecular formula is C20H26N2O7S. The molecule has 4 aliphatic heterocycles. The van der Waals surface area contributed by atoms with Crippen LogP contribution < -0.4 is 0 Å². The summed E-state index contributed by atoms with van der Waals surface area (Å²) in [4.78, 5) is 30.0. The summed E-state index contributed by atoms with van der Waals surface area (Å²) in [6, 6.07) is 8.58. The van der Waals surface area contributed by atoms with Gasteiger partial charge in [0.15, 0.2) is 0 Å². The number of ketones is 1. The van der Waals surface area contributed by atoms with Gasteiger partial charge in [0.2, 0.25) is 0 Å². The highest BCUT2D eigenvalue weighted by Crippen LogP contribution is 2.42. The number of H-pyrrole nitrogens is 1. The predicted molar refractivity (Wildman–Crippen MR) is 110 cm³/mol. The average molecular weight is 439 g/mol.